The molecule has 1 rings (SSSR count). The van der Waals surface area contributed by atoms with Crippen molar-refractivity contribution in [1.29, 1.82) is 0 Å². The van der Waals surface area contributed by atoms with Crippen molar-refractivity contribution in [3.63, 3.8) is 0 Å². The number of rotatable bonds is 1. The lowest BCUT2D eigenvalue weighted by Gasteiger charge is -1.97. The van der Waals surface area contributed by atoms with Crippen molar-refractivity contribution >= 4 is 11.6 Å². The Balaban J connectivity index is 0.000001000. The van der Waals surface area contributed by atoms with E-state index in [1.165, 1.54) is 0 Å². The van der Waals surface area contributed by atoms with Crippen LogP contribution in [-0.4, -0.2) is 11.4 Å². The average Bonchev–Trinajstić information content (AvgIpc) is 1.88. The van der Waals surface area contributed by atoms with Crippen LogP contribution in [0.25, 0.3) is 0 Å². The van der Waals surface area contributed by atoms with Crippen LogP contribution in [0.5, 0.6) is 0 Å². The molecule has 0 fully saturated rings. The van der Waals surface area contributed by atoms with Gasteiger partial charge in [-0.1, -0.05) is 12.1 Å². The lowest BCUT2D eigenvalue weighted by molar-refractivity contribution is 0.100. The van der Waals surface area contributed by atoms with E-state index in [2.05, 4.69) is 0 Å². The second kappa shape index (κ2) is 3.58. The van der Waals surface area contributed by atoms with Gasteiger partial charge in [0.1, 0.15) is 0 Å². The van der Waals surface area contributed by atoms with Gasteiger partial charge < -0.3 is 16.9 Å². The summed E-state index contributed by atoms with van der Waals surface area (Å²) < 4.78 is 0. The molecule has 60 valence electrons. The van der Waals surface area contributed by atoms with Gasteiger partial charge in [-0.25, -0.2) is 0 Å². The average molecular weight is 154 g/mol. The fourth-order valence-corrected chi connectivity index (χ4v) is 0.721. The van der Waals surface area contributed by atoms with Gasteiger partial charge in [0.15, 0.2) is 0 Å². The molecule has 0 aromatic heterocycles. The predicted molar refractivity (Wildman–Crippen MR) is 43.0 cm³/mol. The number of nitrogen functional groups attached to an aromatic ring is 1. The molecule has 6 N–H and O–H groups in total. The van der Waals surface area contributed by atoms with Crippen molar-refractivity contribution in [2.45, 2.75) is 0 Å². The monoisotopic (exact) mass is 154 g/mol. The van der Waals surface area contributed by atoms with Crippen molar-refractivity contribution in [3.8, 4) is 0 Å². The van der Waals surface area contributed by atoms with Crippen molar-refractivity contribution in [2.24, 2.45) is 5.73 Å². The largest absolute Gasteiger partial charge is 0.412 e. The van der Waals surface area contributed by atoms with Gasteiger partial charge in [-0.15, -0.1) is 0 Å². The molecule has 0 aliphatic heterocycles. The second-order valence-corrected chi connectivity index (χ2v) is 1.95. The lowest BCUT2D eigenvalue weighted by Crippen LogP contribution is -2.12. The molecule has 0 radical (unpaired) electrons. The van der Waals surface area contributed by atoms with Crippen LogP contribution in [0.3, 0.4) is 0 Å². The molecule has 0 saturated heterocycles. The Morgan fingerprint density at radius 3 is 2.18 bits per heavy atom. The Hall–Kier alpha value is -1.55. The molecule has 0 atom stereocenters. The van der Waals surface area contributed by atoms with E-state index in [-0.39, 0.29) is 5.48 Å². The van der Waals surface area contributed by atoms with Gasteiger partial charge in [0.05, 0.1) is 5.56 Å². The molecule has 0 saturated carbocycles. The quantitative estimate of drug-likeness (QED) is 0.535. The molecule has 11 heavy (non-hydrogen) atoms. The maximum Gasteiger partial charge on any atom is 0.250 e. The van der Waals surface area contributed by atoms with Crippen molar-refractivity contribution < 1.29 is 10.3 Å². The number of benzene rings is 1. The number of hydrogen-bond donors (Lipinski definition) is 2. The summed E-state index contributed by atoms with van der Waals surface area (Å²) in [5.74, 6) is -0.488. The van der Waals surface area contributed by atoms with E-state index in [1.54, 1.807) is 24.3 Å². The Bertz CT molecular complexity index is 260. The smallest absolute Gasteiger partial charge is 0.250 e. The van der Waals surface area contributed by atoms with Crippen LogP contribution >= 0.6 is 0 Å². The van der Waals surface area contributed by atoms with Crippen LogP contribution in [0.4, 0.5) is 5.69 Å². The zero-order valence-electron chi connectivity index (χ0n) is 5.87. The SMILES string of the molecule is NC(=O)c1ccccc1N.O. The fraction of sp³-hybridized carbons (Fsp3) is 0. The van der Waals surface area contributed by atoms with Crippen molar-refractivity contribution in [1.82, 2.24) is 0 Å². The summed E-state index contributed by atoms with van der Waals surface area (Å²) in [6.45, 7) is 0. The van der Waals surface area contributed by atoms with Crippen LogP contribution in [-0.2, 0) is 0 Å². The lowest BCUT2D eigenvalue weighted by atomic mass is 10.2. The van der Waals surface area contributed by atoms with Gasteiger partial charge in [-0.3, -0.25) is 4.79 Å². The third-order valence-corrected chi connectivity index (χ3v) is 1.23. The summed E-state index contributed by atoms with van der Waals surface area (Å²) in [4.78, 5) is 10.6. The fourth-order valence-electron chi connectivity index (χ4n) is 0.721. The van der Waals surface area contributed by atoms with Crippen LogP contribution in [0.1, 0.15) is 10.4 Å². The second-order valence-electron chi connectivity index (χ2n) is 1.95. The molecular formula is C7H10N2O2. The molecular weight excluding hydrogens is 144 g/mol. The number of nitrogens with two attached hydrogens (primary N) is 2. The first-order valence-corrected chi connectivity index (χ1v) is 2.86. The number of para-hydroxylation sites is 1. The minimum absolute atomic E-state index is 0. The van der Waals surface area contributed by atoms with E-state index < -0.39 is 5.91 Å². The zero-order valence-corrected chi connectivity index (χ0v) is 5.87. The van der Waals surface area contributed by atoms with Crippen molar-refractivity contribution in [3.05, 3.63) is 29.8 Å². The van der Waals surface area contributed by atoms with Crippen LogP contribution in [0.2, 0.25) is 0 Å². The Kier molecular flexibility index (Phi) is 3.07. The Morgan fingerprint density at radius 2 is 1.82 bits per heavy atom. The standard InChI is InChI=1S/C7H8N2O.H2O/c8-6-4-2-1-3-5(6)7(9)10;/h1-4H,8H2,(H2,9,10);1H2. The van der Waals surface area contributed by atoms with Crippen LogP contribution in [0, 0.1) is 0 Å². The van der Waals surface area contributed by atoms with E-state index in [0.717, 1.165) is 0 Å². The highest BCUT2D eigenvalue weighted by molar-refractivity contribution is 5.97. The molecule has 1 amide bonds. The number of carbonyl (C=O) groups excluding carboxylic acids is 1. The van der Waals surface area contributed by atoms with Gasteiger partial charge in [-0.2, -0.15) is 0 Å². The highest BCUT2D eigenvalue weighted by atomic mass is 16.1. The third-order valence-electron chi connectivity index (χ3n) is 1.23. The Morgan fingerprint density at radius 1 is 1.27 bits per heavy atom. The third kappa shape index (κ3) is 1.94. The number of carbonyl (C=O) groups is 1. The summed E-state index contributed by atoms with van der Waals surface area (Å²) in [5, 5.41) is 0. The topological polar surface area (TPSA) is 101 Å². The number of amides is 1. The summed E-state index contributed by atoms with van der Waals surface area (Å²) in [7, 11) is 0. The van der Waals surface area contributed by atoms with Gasteiger partial charge in [-0.05, 0) is 12.1 Å². The van der Waals surface area contributed by atoms with Gasteiger partial charge in [0, 0.05) is 5.69 Å². The molecule has 0 heterocycles. The number of hydrogen-bond acceptors (Lipinski definition) is 2. The molecule has 1 aromatic rings. The molecule has 1 aromatic carbocycles. The summed E-state index contributed by atoms with van der Waals surface area (Å²) >= 11 is 0. The van der Waals surface area contributed by atoms with Gasteiger partial charge in [0.2, 0.25) is 0 Å². The van der Waals surface area contributed by atoms with E-state index in [9.17, 15) is 4.79 Å². The highest BCUT2D eigenvalue weighted by Crippen LogP contribution is 2.08. The molecule has 0 aliphatic carbocycles. The molecule has 0 aliphatic rings. The van der Waals surface area contributed by atoms with E-state index >= 15 is 0 Å². The summed E-state index contributed by atoms with van der Waals surface area (Å²) in [6, 6.07) is 6.70. The molecule has 4 heteroatoms. The highest BCUT2D eigenvalue weighted by Gasteiger charge is 2.01. The zero-order chi connectivity index (χ0) is 7.56. The van der Waals surface area contributed by atoms with Crippen LogP contribution in [0.15, 0.2) is 24.3 Å². The van der Waals surface area contributed by atoms with E-state index in [1.807, 2.05) is 0 Å². The molecule has 0 spiro atoms. The van der Waals surface area contributed by atoms with Crippen molar-refractivity contribution in [2.75, 3.05) is 5.73 Å². The molecule has 4 nitrogen and oxygen atoms in total. The van der Waals surface area contributed by atoms with E-state index in [4.69, 9.17) is 11.5 Å². The van der Waals surface area contributed by atoms with E-state index in [0.29, 0.717) is 11.3 Å². The minimum Gasteiger partial charge on any atom is -0.412 e. The molecule has 0 bridgehead atoms. The summed E-state index contributed by atoms with van der Waals surface area (Å²) in [6.07, 6.45) is 0. The number of primary amides is 1. The minimum atomic E-state index is -0.488. The predicted octanol–water partition coefficient (Wildman–Crippen LogP) is -0.457. The molecule has 0 unspecified atom stereocenters. The van der Waals surface area contributed by atoms with Crippen LogP contribution < -0.4 is 11.5 Å². The van der Waals surface area contributed by atoms with Gasteiger partial charge in [0.25, 0.3) is 5.91 Å². The Labute approximate surface area is 64.1 Å². The van der Waals surface area contributed by atoms with Gasteiger partial charge >= 0.3 is 0 Å². The first-order chi connectivity index (χ1) is 4.72. The first-order valence-electron chi connectivity index (χ1n) is 2.86. The number of anilines is 1. The maximum absolute atomic E-state index is 10.6. The first kappa shape index (κ1) is 9.45. The summed E-state index contributed by atoms with van der Waals surface area (Å²) in [5.41, 5.74) is 11.2. The maximum atomic E-state index is 10.6. The normalized spacial score (nSPS) is 8.36.